The summed E-state index contributed by atoms with van der Waals surface area (Å²) in [6.45, 7) is 1.52. The van der Waals surface area contributed by atoms with Gasteiger partial charge in [0.2, 0.25) is 5.91 Å². The fourth-order valence-electron chi connectivity index (χ4n) is 4.24. The van der Waals surface area contributed by atoms with Gasteiger partial charge in [-0.15, -0.1) is 0 Å². The van der Waals surface area contributed by atoms with Crippen LogP contribution in [0.4, 0.5) is 5.82 Å². The van der Waals surface area contributed by atoms with Crippen molar-refractivity contribution < 1.29 is 9.90 Å². The summed E-state index contributed by atoms with van der Waals surface area (Å²) in [4.78, 5) is 21.4. The van der Waals surface area contributed by atoms with E-state index >= 15 is 0 Å². The molecule has 1 heterocycles. The average Bonchev–Trinajstić information content (AvgIpc) is 2.62. The second-order valence-corrected chi connectivity index (χ2v) is 7.55. The Bertz CT molecular complexity index is 841. The summed E-state index contributed by atoms with van der Waals surface area (Å²) in [5, 5.41) is 12.7. The highest BCUT2D eigenvalue weighted by molar-refractivity contribution is 5.88. The standard InChI is InChI=1S/C21H25N3O2/c1-13(25)22-21-19(11-14-5-3-2-4-6-14)23-20-17-9-8-16(26)12-15(17)7-10-18(20)24-21/h8-9,12,14,26H,2-7,10-11H2,1H3,(H,22,24,25). The van der Waals surface area contributed by atoms with Crippen LogP contribution in [0.5, 0.6) is 5.75 Å². The molecule has 1 aromatic carbocycles. The van der Waals surface area contributed by atoms with Crippen LogP contribution >= 0.6 is 0 Å². The minimum atomic E-state index is -0.106. The number of fused-ring (bicyclic) bond motifs is 3. The van der Waals surface area contributed by atoms with E-state index in [1.807, 2.05) is 12.1 Å². The van der Waals surface area contributed by atoms with Gasteiger partial charge in [0, 0.05) is 12.5 Å². The number of carbonyl (C=O) groups excluding carboxylic acids is 1. The molecule has 2 aliphatic carbocycles. The molecule has 0 spiro atoms. The van der Waals surface area contributed by atoms with Crippen LogP contribution < -0.4 is 5.32 Å². The van der Waals surface area contributed by atoms with Crippen molar-refractivity contribution in [2.45, 2.75) is 58.3 Å². The maximum Gasteiger partial charge on any atom is 0.222 e. The van der Waals surface area contributed by atoms with Crippen LogP contribution in [-0.4, -0.2) is 21.0 Å². The lowest BCUT2D eigenvalue weighted by Crippen LogP contribution is -2.19. The average molecular weight is 351 g/mol. The topological polar surface area (TPSA) is 75.1 Å². The fraction of sp³-hybridized carbons (Fsp3) is 0.476. The van der Waals surface area contributed by atoms with E-state index in [-0.39, 0.29) is 11.7 Å². The largest absolute Gasteiger partial charge is 0.508 e. The van der Waals surface area contributed by atoms with Gasteiger partial charge < -0.3 is 10.4 Å². The number of phenols is 1. The number of aromatic hydroxyl groups is 1. The number of amides is 1. The molecule has 0 radical (unpaired) electrons. The molecule has 5 heteroatoms. The zero-order chi connectivity index (χ0) is 18.1. The molecule has 0 unspecified atom stereocenters. The third-order valence-electron chi connectivity index (χ3n) is 5.52. The van der Waals surface area contributed by atoms with Crippen molar-refractivity contribution in [3.63, 3.8) is 0 Å². The Morgan fingerprint density at radius 3 is 2.77 bits per heavy atom. The Balaban J connectivity index is 1.75. The molecule has 2 aliphatic rings. The molecule has 1 saturated carbocycles. The van der Waals surface area contributed by atoms with Gasteiger partial charge in [-0.3, -0.25) is 4.79 Å². The van der Waals surface area contributed by atoms with Crippen molar-refractivity contribution in [3.05, 3.63) is 35.2 Å². The maximum absolute atomic E-state index is 11.7. The first-order valence-corrected chi connectivity index (χ1v) is 9.60. The highest BCUT2D eigenvalue weighted by Crippen LogP contribution is 2.36. The van der Waals surface area contributed by atoms with Crippen LogP contribution in [0, 0.1) is 5.92 Å². The van der Waals surface area contributed by atoms with Crippen LogP contribution in [0.2, 0.25) is 0 Å². The van der Waals surface area contributed by atoms with E-state index in [0.29, 0.717) is 11.7 Å². The predicted octanol–water partition coefficient (Wildman–Crippen LogP) is 4.03. The summed E-state index contributed by atoms with van der Waals surface area (Å²) in [5.41, 5.74) is 4.90. The number of carbonyl (C=O) groups is 1. The molecular formula is C21H25N3O2. The summed E-state index contributed by atoms with van der Waals surface area (Å²) in [7, 11) is 0. The van der Waals surface area contributed by atoms with Crippen molar-refractivity contribution in [2.24, 2.45) is 5.92 Å². The molecule has 1 fully saturated rings. The van der Waals surface area contributed by atoms with Crippen LogP contribution in [-0.2, 0) is 24.1 Å². The molecule has 2 aromatic rings. The third kappa shape index (κ3) is 3.43. The number of nitrogens with one attached hydrogen (secondary N) is 1. The number of hydrogen-bond donors (Lipinski definition) is 2. The van der Waals surface area contributed by atoms with Crippen LogP contribution in [0.1, 0.15) is 56.0 Å². The Hall–Kier alpha value is -2.43. The fourth-order valence-corrected chi connectivity index (χ4v) is 4.24. The van der Waals surface area contributed by atoms with Gasteiger partial charge in [0.1, 0.15) is 5.75 Å². The lowest BCUT2D eigenvalue weighted by Gasteiger charge is -2.24. The summed E-state index contributed by atoms with van der Waals surface area (Å²) >= 11 is 0. The minimum absolute atomic E-state index is 0.106. The number of benzene rings is 1. The van der Waals surface area contributed by atoms with Crippen LogP contribution in [0.15, 0.2) is 18.2 Å². The van der Waals surface area contributed by atoms with Gasteiger partial charge in [-0.05, 0) is 48.9 Å². The van der Waals surface area contributed by atoms with Crippen molar-refractivity contribution in [1.82, 2.24) is 9.97 Å². The van der Waals surface area contributed by atoms with Crippen molar-refractivity contribution in [3.8, 4) is 17.0 Å². The number of hydrogen-bond acceptors (Lipinski definition) is 4. The maximum atomic E-state index is 11.7. The highest BCUT2D eigenvalue weighted by atomic mass is 16.3. The zero-order valence-corrected chi connectivity index (χ0v) is 15.2. The van der Waals surface area contributed by atoms with E-state index < -0.39 is 0 Å². The van der Waals surface area contributed by atoms with Gasteiger partial charge in [0.25, 0.3) is 0 Å². The molecule has 26 heavy (non-hydrogen) atoms. The molecule has 0 atom stereocenters. The van der Waals surface area contributed by atoms with Gasteiger partial charge in [0.05, 0.1) is 17.1 Å². The van der Waals surface area contributed by atoms with E-state index in [9.17, 15) is 9.90 Å². The van der Waals surface area contributed by atoms with Gasteiger partial charge in [-0.25, -0.2) is 9.97 Å². The van der Waals surface area contributed by atoms with Crippen LogP contribution in [0.25, 0.3) is 11.3 Å². The summed E-state index contributed by atoms with van der Waals surface area (Å²) in [5.74, 6) is 1.43. The van der Waals surface area contributed by atoms with Crippen molar-refractivity contribution in [1.29, 1.82) is 0 Å². The zero-order valence-electron chi connectivity index (χ0n) is 15.2. The molecule has 0 aliphatic heterocycles. The van der Waals surface area contributed by atoms with Gasteiger partial charge >= 0.3 is 0 Å². The monoisotopic (exact) mass is 351 g/mol. The van der Waals surface area contributed by atoms with Crippen LogP contribution in [0.3, 0.4) is 0 Å². The lowest BCUT2D eigenvalue weighted by atomic mass is 9.85. The molecule has 136 valence electrons. The summed E-state index contributed by atoms with van der Waals surface area (Å²) in [6.07, 6.45) is 8.79. The summed E-state index contributed by atoms with van der Waals surface area (Å²) in [6, 6.07) is 5.46. The molecule has 2 N–H and O–H groups in total. The molecule has 1 amide bonds. The second kappa shape index (κ2) is 7.06. The molecule has 0 bridgehead atoms. The first-order chi connectivity index (χ1) is 12.6. The van der Waals surface area contributed by atoms with E-state index in [0.717, 1.165) is 47.5 Å². The third-order valence-corrected chi connectivity index (χ3v) is 5.52. The minimum Gasteiger partial charge on any atom is -0.508 e. The van der Waals surface area contributed by atoms with Crippen molar-refractivity contribution in [2.75, 3.05) is 5.32 Å². The smallest absolute Gasteiger partial charge is 0.222 e. The molecule has 5 nitrogen and oxygen atoms in total. The van der Waals surface area contributed by atoms with E-state index in [1.165, 1.54) is 39.0 Å². The number of phenolic OH excluding ortho intramolecular Hbond substituents is 1. The molecule has 0 saturated heterocycles. The summed E-state index contributed by atoms with van der Waals surface area (Å²) < 4.78 is 0. The first kappa shape index (κ1) is 17.0. The van der Waals surface area contributed by atoms with Gasteiger partial charge in [-0.1, -0.05) is 32.1 Å². The quantitative estimate of drug-likeness (QED) is 0.875. The number of rotatable bonds is 3. The molecule has 4 rings (SSSR count). The van der Waals surface area contributed by atoms with Crippen molar-refractivity contribution >= 4 is 11.7 Å². The predicted molar refractivity (Wildman–Crippen MR) is 101 cm³/mol. The van der Waals surface area contributed by atoms with Gasteiger partial charge in [0.15, 0.2) is 5.82 Å². The number of aryl methyl sites for hydroxylation is 2. The van der Waals surface area contributed by atoms with Gasteiger partial charge in [-0.2, -0.15) is 0 Å². The van der Waals surface area contributed by atoms with E-state index in [1.54, 1.807) is 6.07 Å². The SMILES string of the molecule is CC(=O)Nc1nc2c(nc1CC1CCCCC1)-c1ccc(O)cc1CC2. The Morgan fingerprint density at radius 1 is 1.19 bits per heavy atom. The molecular weight excluding hydrogens is 326 g/mol. The van der Waals surface area contributed by atoms with E-state index in [4.69, 9.17) is 9.97 Å². The lowest BCUT2D eigenvalue weighted by molar-refractivity contribution is -0.114. The Kier molecular flexibility index (Phi) is 4.62. The number of anilines is 1. The number of aromatic nitrogens is 2. The molecule has 1 aromatic heterocycles. The van der Waals surface area contributed by atoms with E-state index in [2.05, 4.69) is 5.32 Å². The Morgan fingerprint density at radius 2 is 2.00 bits per heavy atom. The highest BCUT2D eigenvalue weighted by Gasteiger charge is 2.24. The Labute approximate surface area is 153 Å². The normalized spacial score (nSPS) is 16.7. The second-order valence-electron chi connectivity index (χ2n) is 7.55. The first-order valence-electron chi connectivity index (χ1n) is 9.60. The number of nitrogens with zero attached hydrogens (tertiary/aromatic N) is 2.